The van der Waals surface area contributed by atoms with Gasteiger partial charge in [0, 0.05) is 10.5 Å². The van der Waals surface area contributed by atoms with Gasteiger partial charge in [-0.05, 0) is 55.3 Å². The molecule has 21 heavy (non-hydrogen) atoms. The normalized spacial score (nSPS) is 12.1. The van der Waals surface area contributed by atoms with Gasteiger partial charge in [-0.1, -0.05) is 47.1 Å². The van der Waals surface area contributed by atoms with E-state index in [2.05, 4.69) is 59.4 Å². The van der Waals surface area contributed by atoms with E-state index in [9.17, 15) is 0 Å². The zero-order chi connectivity index (χ0) is 15.1. The van der Waals surface area contributed by atoms with Crippen molar-refractivity contribution >= 4 is 15.9 Å². The molecule has 0 aromatic heterocycles. The van der Waals surface area contributed by atoms with Gasteiger partial charge in [-0.15, -0.1) is 0 Å². The van der Waals surface area contributed by atoms with Crippen LogP contribution in [0.5, 0.6) is 5.75 Å². The van der Waals surface area contributed by atoms with E-state index in [1.807, 2.05) is 24.3 Å². The molecule has 2 rings (SSSR count). The van der Waals surface area contributed by atoms with Gasteiger partial charge in [0.15, 0.2) is 0 Å². The summed E-state index contributed by atoms with van der Waals surface area (Å²) in [6.45, 7) is 6.00. The lowest BCUT2D eigenvalue weighted by molar-refractivity contribution is 0.306. The van der Waals surface area contributed by atoms with Crippen molar-refractivity contribution in [3.8, 4) is 5.75 Å². The van der Waals surface area contributed by atoms with Gasteiger partial charge >= 0.3 is 0 Å². The fourth-order valence-corrected chi connectivity index (χ4v) is 2.57. The molecular weight excluding hydrogens is 326 g/mol. The standard InChI is InChI=1S/C18H22BrNO/c1-3-11-20-14(2)16-7-9-18(10-8-16)21-13-15-5-4-6-17(19)12-15/h4-10,12,14,20H,3,11,13H2,1-2H3. The minimum atomic E-state index is 0.379. The lowest BCUT2D eigenvalue weighted by atomic mass is 10.1. The maximum absolute atomic E-state index is 5.82. The Bertz CT molecular complexity index is 553. The van der Waals surface area contributed by atoms with Crippen LogP contribution in [-0.4, -0.2) is 6.54 Å². The third kappa shape index (κ3) is 5.18. The molecule has 0 radical (unpaired) electrons. The first-order valence-corrected chi connectivity index (χ1v) is 8.19. The lowest BCUT2D eigenvalue weighted by Gasteiger charge is -2.14. The quantitative estimate of drug-likeness (QED) is 0.753. The molecule has 0 spiro atoms. The average Bonchev–Trinajstić information content (AvgIpc) is 2.51. The van der Waals surface area contributed by atoms with Crippen molar-refractivity contribution in [2.75, 3.05) is 6.54 Å². The number of nitrogens with one attached hydrogen (secondary N) is 1. The number of benzene rings is 2. The summed E-state index contributed by atoms with van der Waals surface area (Å²) in [5.74, 6) is 0.904. The second-order valence-electron chi connectivity index (χ2n) is 5.16. The molecule has 2 aromatic carbocycles. The summed E-state index contributed by atoms with van der Waals surface area (Å²) in [4.78, 5) is 0. The van der Waals surface area contributed by atoms with E-state index < -0.39 is 0 Å². The fraction of sp³-hybridized carbons (Fsp3) is 0.333. The third-order valence-electron chi connectivity index (χ3n) is 3.38. The van der Waals surface area contributed by atoms with Crippen molar-refractivity contribution in [1.29, 1.82) is 0 Å². The van der Waals surface area contributed by atoms with Gasteiger partial charge in [-0.25, -0.2) is 0 Å². The Morgan fingerprint density at radius 2 is 1.90 bits per heavy atom. The molecule has 0 heterocycles. The smallest absolute Gasteiger partial charge is 0.119 e. The molecule has 2 nitrogen and oxygen atoms in total. The summed E-state index contributed by atoms with van der Waals surface area (Å²) in [5, 5.41) is 3.49. The SMILES string of the molecule is CCCNC(C)c1ccc(OCc2cccc(Br)c2)cc1. The first-order chi connectivity index (χ1) is 10.2. The Labute approximate surface area is 135 Å². The number of rotatable bonds is 7. The number of halogens is 1. The first kappa shape index (κ1) is 16.1. The van der Waals surface area contributed by atoms with Crippen LogP contribution < -0.4 is 10.1 Å². The Morgan fingerprint density at radius 1 is 1.14 bits per heavy atom. The Kier molecular flexibility index (Phi) is 6.27. The minimum Gasteiger partial charge on any atom is -0.489 e. The maximum atomic E-state index is 5.82. The van der Waals surface area contributed by atoms with Gasteiger partial charge in [0.1, 0.15) is 12.4 Å². The van der Waals surface area contributed by atoms with E-state index in [0.717, 1.165) is 28.8 Å². The zero-order valence-electron chi connectivity index (χ0n) is 12.6. The zero-order valence-corrected chi connectivity index (χ0v) is 14.2. The molecule has 0 bridgehead atoms. The van der Waals surface area contributed by atoms with E-state index in [1.54, 1.807) is 0 Å². The van der Waals surface area contributed by atoms with Crippen LogP contribution in [0.1, 0.15) is 37.4 Å². The average molecular weight is 348 g/mol. The van der Waals surface area contributed by atoms with Crippen LogP contribution in [-0.2, 0) is 6.61 Å². The van der Waals surface area contributed by atoms with E-state index in [-0.39, 0.29) is 0 Å². The van der Waals surface area contributed by atoms with Gasteiger partial charge in [0.05, 0.1) is 0 Å². The molecule has 1 N–H and O–H groups in total. The molecule has 0 aliphatic rings. The second kappa shape index (κ2) is 8.20. The van der Waals surface area contributed by atoms with Crippen molar-refractivity contribution in [2.24, 2.45) is 0 Å². The molecule has 1 atom stereocenters. The summed E-state index contributed by atoms with van der Waals surface area (Å²) in [7, 11) is 0. The van der Waals surface area contributed by atoms with Crippen LogP contribution in [0.25, 0.3) is 0 Å². The van der Waals surface area contributed by atoms with Crippen molar-refractivity contribution in [2.45, 2.75) is 32.9 Å². The van der Waals surface area contributed by atoms with Gasteiger partial charge in [0.25, 0.3) is 0 Å². The Balaban J connectivity index is 1.90. The molecular formula is C18H22BrNO. The number of hydrogen-bond donors (Lipinski definition) is 1. The summed E-state index contributed by atoms with van der Waals surface area (Å²) in [5.41, 5.74) is 2.45. The highest BCUT2D eigenvalue weighted by Gasteiger charge is 2.04. The molecule has 2 aromatic rings. The predicted molar refractivity (Wildman–Crippen MR) is 91.6 cm³/mol. The van der Waals surface area contributed by atoms with Crippen molar-refractivity contribution in [3.63, 3.8) is 0 Å². The monoisotopic (exact) mass is 347 g/mol. The van der Waals surface area contributed by atoms with E-state index >= 15 is 0 Å². The number of hydrogen-bond acceptors (Lipinski definition) is 2. The van der Waals surface area contributed by atoms with Crippen LogP contribution in [0.4, 0.5) is 0 Å². The van der Waals surface area contributed by atoms with E-state index in [4.69, 9.17) is 4.74 Å². The predicted octanol–water partition coefficient (Wildman–Crippen LogP) is 5.09. The lowest BCUT2D eigenvalue weighted by Crippen LogP contribution is -2.19. The molecule has 0 amide bonds. The van der Waals surface area contributed by atoms with Gasteiger partial charge < -0.3 is 10.1 Å². The summed E-state index contributed by atoms with van der Waals surface area (Å²) >= 11 is 3.47. The molecule has 0 aliphatic heterocycles. The Morgan fingerprint density at radius 3 is 2.57 bits per heavy atom. The van der Waals surface area contributed by atoms with Crippen LogP contribution in [0.15, 0.2) is 53.0 Å². The second-order valence-corrected chi connectivity index (χ2v) is 6.08. The van der Waals surface area contributed by atoms with Crippen LogP contribution in [0.2, 0.25) is 0 Å². The van der Waals surface area contributed by atoms with Crippen molar-refractivity contribution < 1.29 is 4.74 Å². The first-order valence-electron chi connectivity index (χ1n) is 7.39. The highest BCUT2D eigenvalue weighted by atomic mass is 79.9. The maximum Gasteiger partial charge on any atom is 0.119 e. The van der Waals surface area contributed by atoms with Gasteiger partial charge in [0.2, 0.25) is 0 Å². The highest BCUT2D eigenvalue weighted by Crippen LogP contribution is 2.19. The van der Waals surface area contributed by atoms with Gasteiger partial charge in [-0.2, -0.15) is 0 Å². The van der Waals surface area contributed by atoms with E-state index in [1.165, 1.54) is 5.56 Å². The number of ether oxygens (including phenoxy) is 1. The largest absolute Gasteiger partial charge is 0.489 e. The summed E-state index contributed by atoms with van der Waals surface area (Å²) in [6, 6.07) is 16.9. The van der Waals surface area contributed by atoms with Crippen molar-refractivity contribution in [3.05, 3.63) is 64.1 Å². The molecule has 1 unspecified atom stereocenters. The molecule has 0 fully saturated rings. The molecule has 0 saturated heterocycles. The fourth-order valence-electron chi connectivity index (χ4n) is 2.12. The topological polar surface area (TPSA) is 21.3 Å². The molecule has 0 saturated carbocycles. The minimum absolute atomic E-state index is 0.379. The third-order valence-corrected chi connectivity index (χ3v) is 3.87. The molecule has 112 valence electrons. The molecule has 0 aliphatic carbocycles. The highest BCUT2D eigenvalue weighted by molar-refractivity contribution is 9.10. The van der Waals surface area contributed by atoms with E-state index in [0.29, 0.717) is 12.6 Å². The van der Waals surface area contributed by atoms with Crippen molar-refractivity contribution in [1.82, 2.24) is 5.32 Å². The summed E-state index contributed by atoms with van der Waals surface area (Å²) in [6.07, 6.45) is 1.15. The van der Waals surface area contributed by atoms with Crippen LogP contribution in [0.3, 0.4) is 0 Å². The summed E-state index contributed by atoms with van der Waals surface area (Å²) < 4.78 is 6.90. The van der Waals surface area contributed by atoms with Gasteiger partial charge in [-0.3, -0.25) is 0 Å². The van der Waals surface area contributed by atoms with Crippen LogP contribution >= 0.6 is 15.9 Å². The molecule has 3 heteroatoms. The Hall–Kier alpha value is -1.32. The van der Waals surface area contributed by atoms with Crippen LogP contribution in [0, 0.1) is 0 Å².